The number of nitrogens with zero attached hydrogens (tertiary/aromatic N) is 2. The minimum atomic E-state index is -0.0234. The van der Waals surface area contributed by atoms with Crippen molar-refractivity contribution in [2.24, 2.45) is 0 Å². The molecule has 4 nitrogen and oxygen atoms in total. The van der Waals surface area contributed by atoms with E-state index in [1.807, 2.05) is 41.3 Å². The molecule has 0 N–H and O–H groups in total. The van der Waals surface area contributed by atoms with E-state index >= 15 is 0 Å². The molecule has 1 aliphatic rings. The molecule has 2 heterocycles. The average Bonchev–Trinajstić information content (AvgIpc) is 3.41. The maximum Gasteiger partial charge on any atom is 0.260 e. The number of aromatic nitrogens is 1. The molecule has 5 rings (SSSR count). The highest BCUT2D eigenvalue weighted by Gasteiger charge is 2.27. The van der Waals surface area contributed by atoms with Crippen molar-refractivity contribution in [1.29, 1.82) is 0 Å². The van der Waals surface area contributed by atoms with E-state index in [1.165, 1.54) is 5.56 Å². The monoisotopic (exact) mass is 416 g/mol. The molecular weight excluding hydrogens is 392 g/mol. The third kappa shape index (κ3) is 3.59. The minimum Gasteiger partial charge on any atom is -0.376 e. The molecule has 30 heavy (non-hydrogen) atoms. The second-order valence-corrected chi connectivity index (χ2v) is 9.05. The first-order valence-corrected chi connectivity index (χ1v) is 11.2. The third-order valence-electron chi connectivity index (χ3n) is 5.70. The molecule has 1 aliphatic heterocycles. The Morgan fingerprint density at radius 3 is 2.77 bits per heavy atom. The van der Waals surface area contributed by atoms with E-state index < -0.39 is 0 Å². The van der Waals surface area contributed by atoms with Crippen LogP contribution in [-0.4, -0.2) is 30.1 Å². The number of ether oxygens (including phenoxy) is 1. The van der Waals surface area contributed by atoms with Crippen LogP contribution in [0.3, 0.4) is 0 Å². The van der Waals surface area contributed by atoms with Crippen LogP contribution < -0.4 is 4.90 Å². The van der Waals surface area contributed by atoms with Crippen LogP contribution >= 0.6 is 11.3 Å². The summed E-state index contributed by atoms with van der Waals surface area (Å²) in [5.74, 6) is -0.0234. The summed E-state index contributed by atoms with van der Waals surface area (Å²) in [7, 11) is 0. The standard InChI is InChI=1S/C25H24N2O2S/c1-16-12-17(2)23-22(13-16)30-25(26-23)27(15-21-8-5-11-29-21)24(28)20-10-9-18-6-3-4-7-19(18)14-20/h3-4,6-7,9-10,12-14,21H,5,8,11,15H2,1-2H3. The van der Waals surface area contributed by atoms with E-state index in [0.29, 0.717) is 12.1 Å². The second-order valence-electron chi connectivity index (χ2n) is 8.04. The fourth-order valence-corrected chi connectivity index (χ4v) is 5.34. The molecule has 5 heteroatoms. The van der Waals surface area contributed by atoms with Gasteiger partial charge < -0.3 is 4.74 Å². The molecule has 1 unspecified atom stereocenters. The lowest BCUT2D eigenvalue weighted by molar-refractivity contribution is 0.0917. The van der Waals surface area contributed by atoms with Crippen molar-refractivity contribution in [3.05, 3.63) is 71.3 Å². The number of anilines is 1. The lowest BCUT2D eigenvalue weighted by atomic mass is 10.1. The summed E-state index contributed by atoms with van der Waals surface area (Å²) in [6, 6.07) is 18.3. The number of benzene rings is 3. The Morgan fingerprint density at radius 1 is 1.13 bits per heavy atom. The Morgan fingerprint density at radius 2 is 1.97 bits per heavy atom. The van der Waals surface area contributed by atoms with Crippen molar-refractivity contribution in [3.8, 4) is 0 Å². The van der Waals surface area contributed by atoms with Crippen LogP contribution in [0.1, 0.15) is 34.3 Å². The van der Waals surface area contributed by atoms with Crippen LogP contribution in [0.25, 0.3) is 21.0 Å². The van der Waals surface area contributed by atoms with E-state index in [0.717, 1.165) is 51.1 Å². The number of fused-ring (bicyclic) bond motifs is 2. The predicted octanol–water partition coefficient (Wildman–Crippen LogP) is 5.89. The molecule has 4 aromatic rings. The highest BCUT2D eigenvalue weighted by atomic mass is 32.1. The largest absolute Gasteiger partial charge is 0.376 e. The number of aryl methyl sites for hydroxylation is 2. The summed E-state index contributed by atoms with van der Waals surface area (Å²) in [5.41, 5.74) is 4.01. The zero-order chi connectivity index (χ0) is 20.7. The quantitative estimate of drug-likeness (QED) is 0.416. The van der Waals surface area contributed by atoms with Crippen molar-refractivity contribution >= 4 is 43.4 Å². The molecule has 0 saturated carbocycles. The molecule has 3 aromatic carbocycles. The van der Waals surface area contributed by atoms with Crippen molar-refractivity contribution in [2.75, 3.05) is 18.1 Å². The Bertz CT molecular complexity index is 1240. The fraction of sp³-hybridized carbons (Fsp3) is 0.280. The third-order valence-corrected chi connectivity index (χ3v) is 6.73. The van der Waals surface area contributed by atoms with Gasteiger partial charge in [-0.25, -0.2) is 4.98 Å². The molecule has 1 saturated heterocycles. The Balaban J connectivity index is 1.57. The van der Waals surface area contributed by atoms with Gasteiger partial charge in [-0.2, -0.15) is 0 Å². The first kappa shape index (κ1) is 19.2. The normalized spacial score (nSPS) is 16.4. The van der Waals surface area contributed by atoms with Crippen LogP contribution in [0, 0.1) is 13.8 Å². The average molecular weight is 417 g/mol. The number of amides is 1. The Labute approximate surface area is 180 Å². The smallest absolute Gasteiger partial charge is 0.260 e. The molecule has 0 aliphatic carbocycles. The summed E-state index contributed by atoms with van der Waals surface area (Å²) in [6.07, 6.45) is 2.08. The number of thiazole rings is 1. The molecule has 1 aromatic heterocycles. The van der Waals surface area contributed by atoms with Gasteiger partial charge in [0.2, 0.25) is 0 Å². The van der Waals surface area contributed by atoms with Crippen LogP contribution in [0.4, 0.5) is 5.13 Å². The zero-order valence-corrected chi connectivity index (χ0v) is 18.0. The van der Waals surface area contributed by atoms with E-state index in [4.69, 9.17) is 9.72 Å². The second kappa shape index (κ2) is 7.82. The van der Waals surface area contributed by atoms with Gasteiger partial charge >= 0.3 is 0 Å². The maximum absolute atomic E-state index is 13.6. The minimum absolute atomic E-state index is 0.0234. The molecule has 1 atom stereocenters. The van der Waals surface area contributed by atoms with Gasteiger partial charge in [0.1, 0.15) is 0 Å². The first-order valence-electron chi connectivity index (χ1n) is 10.4. The first-order chi connectivity index (χ1) is 14.6. The topological polar surface area (TPSA) is 42.4 Å². The van der Waals surface area contributed by atoms with Crippen LogP contribution in [-0.2, 0) is 4.74 Å². The van der Waals surface area contributed by atoms with Gasteiger partial charge in [-0.05, 0) is 66.8 Å². The predicted molar refractivity (Wildman–Crippen MR) is 124 cm³/mol. The van der Waals surface area contributed by atoms with E-state index in [-0.39, 0.29) is 12.0 Å². The molecule has 0 radical (unpaired) electrons. The summed E-state index contributed by atoms with van der Waals surface area (Å²) in [4.78, 5) is 20.3. The van der Waals surface area contributed by atoms with Crippen LogP contribution in [0.2, 0.25) is 0 Å². The van der Waals surface area contributed by atoms with Crippen molar-refractivity contribution in [1.82, 2.24) is 4.98 Å². The summed E-state index contributed by atoms with van der Waals surface area (Å²) in [5, 5.41) is 2.94. The number of carbonyl (C=O) groups is 1. The number of hydrogen-bond donors (Lipinski definition) is 0. The van der Waals surface area contributed by atoms with Crippen molar-refractivity contribution < 1.29 is 9.53 Å². The van der Waals surface area contributed by atoms with Gasteiger partial charge in [-0.1, -0.05) is 47.7 Å². The lowest BCUT2D eigenvalue weighted by Gasteiger charge is -2.23. The fourth-order valence-electron chi connectivity index (χ4n) is 4.19. The van der Waals surface area contributed by atoms with Crippen LogP contribution in [0.5, 0.6) is 0 Å². The number of hydrogen-bond acceptors (Lipinski definition) is 4. The van der Waals surface area contributed by atoms with Crippen LogP contribution in [0.15, 0.2) is 54.6 Å². The van der Waals surface area contributed by atoms with Gasteiger partial charge in [0, 0.05) is 12.2 Å². The summed E-state index contributed by atoms with van der Waals surface area (Å²) in [6.45, 7) is 5.47. The molecule has 1 amide bonds. The van der Waals surface area contributed by atoms with E-state index in [2.05, 4.69) is 32.0 Å². The van der Waals surface area contributed by atoms with Crippen molar-refractivity contribution in [2.45, 2.75) is 32.8 Å². The highest BCUT2D eigenvalue weighted by Crippen LogP contribution is 2.33. The van der Waals surface area contributed by atoms with E-state index in [9.17, 15) is 4.79 Å². The number of rotatable bonds is 4. The summed E-state index contributed by atoms with van der Waals surface area (Å²) >= 11 is 1.58. The SMILES string of the molecule is Cc1cc(C)c2nc(N(CC3CCCO3)C(=O)c3ccc4ccccc4c3)sc2c1. The lowest BCUT2D eigenvalue weighted by Crippen LogP contribution is -2.37. The maximum atomic E-state index is 13.6. The van der Waals surface area contributed by atoms with Gasteiger partial charge in [0.25, 0.3) is 5.91 Å². The molecular formula is C25H24N2O2S. The zero-order valence-electron chi connectivity index (χ0n) is 17.2. The molecule has 0 bridgehead atoms. The molecule has 1 fully saturated rings. The molecule has 0 spiro atoms. The number of carbonyl (C=O) groups excluding carboxylic acids is 1. The Hall–Kier alpha value is -2.76. The van der Waals surface area contributed by atoms with E-state index in [1.54, 1.807) is 11.3 Å². The van der Waals surface area contributed by atoms with Gasteiger partial charge in [0.15, 0.2) is 5.13 Å². The highest BCUT2D eigenvalue weighted by molar-refractivity contribution is 7.22. The van der Waals surface area contributed by atoms with Gasteiger partial charge in [-0.3, -0.25) is 9.69 Å². The van der Waals surface area contributed by atoms with Gasteiger partial charge in [-0.15, -0.1) is 0 Å². The summed E-state index contributed by atoms with van der Waals surface area (Å²) < 4.78 is 6.98. The van der Waals surface area contributed by atoms with Crippen molar-refractivity contribution in [3.63, 3.8) is 0 Å². The Kier molecular flexibility index (Phi) is 5.01. The van der Waals surface area contributed by atoms with Gasteiger partial charge in [0.05, 0.1) is 22.9 Å². The molecule has 152 valence electrons.